The fraction of sp³-hybridized carbons (Fsp3) is 0.611. The lowest BCUT2D eigenvalue weighted by atomic mass is 10.1. The summed E-state index contributed by atoms with van der Waals surface area (Å²) in [6.45, 7) is 5.68. The van der Waals surface area contributed by atoms with Gasteiger partial charge < -0.3 is 20.3 Å². The molecule has 0 aromatic heterocycles. The number of benzene rings is 1. The van der Waals surface area contributed by atoms with E-state index >= 15 is 0 Å². The van der Waals surface area contributed by atoms with Crippen LogP contribution < -0.4 is 25.0 Å². The molecule has 28 heavy (non-hydrogen) atoms. The van der Waals surface area contributed by atoms with Gasteiger partial charge in [0.2, 0.25) is 10.0 Å². The maximum atomic E-state index is 11.5. The van der Waals surface area contributed by atoms with Crippen LogP contribution in [0.25, 0.3) is 0 Å². The number of sulfonamides is 1. The SMILES string of the molecule is CN=C(NCC(C)(C)NS(C)(=O)=O)NC1CCN(c2cc(Cl)ccc2OC)C1. The molecule has 0 radical (unpaired) electrons. The van der Waals surface area contributed by atoms with Crippen molar-refractivity contribution in [2.45, 2.75) is 31.8 Å². The van der Waals surface area contributed by atoms with Crippen LogP contribution in [0, 0.1) is 0 Å². The summed E-state index contributed by atoms with van der Waals surface area (Å²) in [7, 11) is 0.0564. The molecule has 0 spiro atoms. The van der Waals surface area contributed by atoms with Gasteiger partial charge in [0.1, 0.15) is 5.75 Å². The molecule has 2 rings (SSSR count). The summed E-state index contributed by atoms with van der Waals surface area (Å²) in [6.07, 6.45) is 2.08. The van der Waals surface area contributed by atoms with Crippen LogP contribution in [0.2, 0.25) is 5.02 Å². The fourth-order valence-corrected chi connectivity index (χ4v) is 4.48. The lowest BCUT2D eigenvalue weighted by Gasteiger charge is -2.27. The number of anilines is 1. The van der Waals surface area contributed by atoms with Crippen molar-refractivity contribution in [2.75, 3.05) is 44.9 Å². The highest BCUT2D eigenvalue weighted by atomic mass is 35.5. The van der Waals surface area contributed by atoms with E-state index in [9.17, 15) is 8.42 Å². The summed E-state index contributed by atoms with van der Waals surface area (Å²) in [5, 5.41) is 7.26. The predicted octanol–water partition coefficient (Wildman–Crippen LogP) is 1.42. The number of methoxy groups -OCH3 is 1. The summed E-state index contributed by atoms with van der Waals surface area (Å²) in [5.41, 5.74) is 0.335. The van der Waals surface area contributed by atoms with Crippen LogP contribution in [0.5, 0.6) is 5.75 Å². The zero-order valence-corrected chi connectivity index (χ0v) is 18.6. The molecule has 1 saturated heterocycles. The lowest BCUT2D eigenvalue weighted by molar-refractivity contribution is 0.415. The Balaban J connectivity index is 1.94. The fourth-order valence-electron chi connectivity index (χ4n) is 3.24. The predicted molar refractivity (Wildman–Crippen MR) is 115 cm³/mol. The first-order chi connectivity index (χ1) is 13.0. The highest BCUT2D eigenvalue weighted by Gasteiger charge is 2.27. The van der Waals surface area contributed by atoms with Crippen LogP contribution in [0.4, 0.5) is 5.69 Å². The van der Waals surface area contributed by atoms with Gasteiger partial charge in [0.05, 0.1) is 19.1 Å². The van der Waals surface area contributed by atoms with Gasteiger partial charge in [-0.2, -0.15) is 0 Å². The number of aliphatic imine (C=N–C) groups is 1. The number of halogens is 1. The molecule has 158 valence electrons. The van der Waals surface area contributed by atoms with Crippen LogP contribution in [-0.2, 0) is 10.0 Å². The molecule has 1 aromatic rings. The molecule has 1 fully saturated rings. The third kappa shape index (κ3) is 6.72. The first-order valence-corrected chi connectivity index (χ1v) is 11.3. The van der Waals surface area contributed by atoms with Crippen LogP contribution in [-0.4, -0.2) is 66.0 Å². The summed E-state index contributed by atoms with van der Waals surface area (Å²) in [4.78, 5) is 6.48. The zero-order chi connectivity index (χ0) is 20.9. The standard InChI is InChI=1S/C18H30ClN5O3S/c1-18(2,23-28(5,25)26)12-21-17(20-3)22-14-8-9-24(11-14)15-10-13(19)6-7-16(15)27-4/h6-7,10,14,23H,8-9,11-12H2,1-5H3,(H2,20,21,22). The van der Waals surface area contributed by atoms with E-state index in [-0.39, 0.29) is 6.04 Å². The number of nitrogens with one attached hydrogen (secondary N) is 3. The minimum atomic E-state index is -3.29. The zero-order valence-electron chi connectivity index (χ0n) is 17.0. The third-order valence-electron chi connectivity index (χ3n) is 4.39. The van der Waals surface area contributed by atoms with Crippen molar-refractivity contribution in [2.24, 2.45) is 4.99 Å². The van der Waals surface area contributed by atoms with Gasteiger partial charge in [0.15, 0.2) is 5.96 Å². The molecule has 1 atom stereocenters. The first-order valence-electron chi connectivity index (χ1n) is 9.07. The summed E-state index contributed by atoms with van der Waals surface area (Å²) in [5.74, 6) is 1.43. The van der Waals surface area contributed by atoms with E-state index in [0.29, 0.717) is 17.5 Å². The van der Waals surface area contributed by atoms with Gasteiger partial charge in [-0.15, -0.1) is 0 Å². The maximum Gasteiger partial charge on any atom is 0.209 e. The van der Waals surface area contributed by atoms with Crippen molar-refractivity contribution in [1.82, 2.24) is 15.4 Å². The summed E-state index contributed by atoms with van der Waals surface area (Å²) in [6, 6.07) is 5.79. The van der Waals surface area contributed by atoms with Crippen LogP contribution in [0.3, 0.4) is 0 Å². The molecule has 0 bridgehead atoms. The van der Waals surface area contributed by atoms with E-state index in [1.165, 1.54) is 0 Å². The van der Waals surface area contributed by atoms with Crippen LogP contribution in [0.15, 0.2) is 23.2 Å². The number of hydrogen-bond acceptors (Lipinski definition) is 5. The largest absolute Gasteiger partial charge is 0.495 e. The van der Waals surface area contributed by atoms with E-state index < -0.39 is 15.6 Å². The molecule has 8 nitrogen and oxygen atoms in total. The van der Waals surface area contributed by atoms with E-state index in [0.717, 1.165) is 37.2 Å². The van der Waals surface area contributed by atoms with Crippen molar-refractivity contribution >= 4 is 33.3 Å². The van der Waals surface area contributed by atoms with Gasteiger partial charge in [0, 0.05) is 43.3 Å². The normalized spacial score (nSPS) is 18.3. The molecule has 1 aliphatic heterocycles. The Hall–Kier alpha value is -1.71. The maximum absolute atomic E-state index is 11.5. The Morgan fingerprint density at radius 1 is 1.43 bits per heavy atom. The minimum Gasteiger partial charge on any atom is -0.495 e. The van der Waals surface area contributed by atoms with Gasteiger partial charge in [-0.3, -0.25) is 4.99 Å². The Labute approximate surface area is 172 Å². The highest BCUT2D eigenvalue weighted by molar-refractivity contribution is 7.88. The molecule has 1 heterocycles. The minimum absolute atomic E-state index is 0.195. The number of nitrogens with zero attached hydrogens (tertiary/aromatic N) is 2. The van der Waals surface area contributed by atoms with Gasteiger partial charge in [-0.25, -0.2) is 13.1 Å². The van der Waals surface area contributed by atoms with E-state index in [1.807, 2.05) is 32.0 Å². The Kier molecular flexibility index (Phi) is 7.41. The molecule has 0 amide bonds. The van der Waals surface area contributed by atoms with Crippen molar-refractivity contribution in [3.63, 3.8) is 0 Å². The number of ether oxygens (including phenoxy) is 1. The van der Waals surface area contributed by atoms with Crippen molar-refractivity contribution in [1.29, 1.82) is 0 Å². The van der Waals surface area contributed by atoms with Gasteiger partial charge in [-0.05, 0) is 38.5 Å². The van der Waals surface area contributed by atoms with Gasteiger partial charge >= 0.3 is 0 Å². The number of guanidine groups is 1. The molecule has 1 aliphatic rings. The average Bonchev–Trinajstić information content (AvgIpc) is 3.05. The van der Waals surface area contributed by atoms with E-state index in [2.05, 4.69) is 25.2 Å². The number of hydrogen-bond donors (Lipinski definition) is 3. The molecule has 1 aromatic carbocycles. The topological polar surface area (TPSA) is 95.1 Å². The van der Waals surface area contributed by atoms with Crippen molar-refractivity contribution in [3.05, 3.63) is 23.2 Å². The van der Waals surface area contributed by atoms with E-state index in [4.69, 9.17) is 16.3 Å². The van der Waals surface area contributed by atoms with E-state index in [1.54, 1.807) is 14.2 Å². The second-order valence-corrected chi connectivity index (χ2v) is 9.76. The Morgan fingerprint density at radius 3 is 2.75 bits per heavy atom. The Bertz CT molecular complexity index is 813. The highest BCUT2D eigenvalue weighted by Crippen LogP contribution is 2.33. The van der Waals surface area contributed by atoms with Gasteiger partial charge in [0.25, 0.3) is 0 Å². The molecular weight excluding hydrogens is 402 g/mol. The van der Waals surface area contributed by atoms with Crippen molar-refractivity contribution < 1.29 is 13.2 Å². The molecule has 0 aliphatic carbocycles. The second kappa shape index (κ2) is 9.19. The summed E-state index contributed by atoms with van der Waals surface area (Å²) >= 11 is 6.15. The molecular formula is C18H30ClN5O3S. The van der Waals surface area contributed by atoms with Crippen LogP contribution >= 0.6 is 11.6 Å². The first kappa shape index (κ1) is 22.6. The molecule has 10 heteroatoms. The average molecular weight is 432 g/mol. The number of rotatable bonds is 7. The Morgan fingerprint density at radius 2 is 2.14 bits per heavy atom. The molecule has 0 saturated carbocycles. The second-order valence-electron chi connectivity index (χ2n) is 7.58. The van der Waals surface area contributed by atoms with Gasteiger partial charge in [-0.1, -0.05) is 11.6 Å². The van der Waals surface area contributed by atoms with Crippen LogP contribution in [0.1, 0.15) is 20.3 Å². The quantitative estimate of drug-likeness (QED) is 0.446. The lowest BCUT2D eigenvalue weighted by Crippen LogP contribution is -2.54. The van der Waals surface area contributed by atoms with Crippen molar-refractivity contribution in [3.8, 4) is 5.75 Å². The summed E-state index contributed by atoms with van der Waals surface area (Å²) < 4.78 is 31.0. The molecule has 1 unspecified atom stereocenters. The molecule has 3 N–H and O–H groups in total. The third-order valence-corrected chi connectivity index (χ3v) is 5.55. The smallest absolute Gasteiger partial charge is 0.209 e. The monoisotopic (exact) mass is 431 g/mol.